The largest absolute Gasteiger partial charge is 0.480 e. The van der Waals surface area contributed by atoms with E-state index in [1.807, 2.05) is 19.1 Å². The predicted octanol–water partition coefficient (Wildman–Crippen LogP) is 2.02. The van der Waals surface area contributed by atoms with Crippen LogP contribution in [0.5, 0.6) is 11.5 Å². The van der Waals surface area contributed by atoms with Crippen LogP contribution in [0.25, 0.3) is 0 Å². The lowest BCUT2D eigenvalue weighted by atomic mass is 10.0. The quantitative estimate of drug-likeness (QED) is 0.890. The van der Waals surface area contributed by atoms with E-state index in [-0.39, 0.29) is 6.79 Å². The number of benzene rings is 1. The summed E-state index contributed by atoms with van der Waals surface area (Å²) in [5, 5.41) is 9.26. The molecule has 0 aliphatic carbocycles. The first-order chi connectivity index (χ1) is 8.34. The van der Waals surface area contributed by atoms with Crippen LogP contribution in [-0.2, 0) is 4.79 Å². The molecule has 1 aromatic carbocycles. The van der Waals surface area contributed by atoms with E-state index >= 15 is 0 Å². The van der Waals surface area contributed by atoms with Crippen molar-refractivity contribution in [3.63, 3.8) is 0 Å². The maximum atomic E-state index is 11.3. The molecule has 0 atom stereocenters. The fraction of sp³-hybridized carbons (Fsp3) is 0.462. The summed E-state index contributed by atoms with van der Waals surface area (Å²) in [6.07, 6.45) is 0. The van der Waals surface area contributed by atoms with Gasteiger partial charge in [-0.15, -0.1) is 0 Å². The zero-order valence-electron chi connectivity index (χ0n) is 11.0. The molecule has 0 aromatic heterocycles. The number of likely N-dealkylation sites (N-methyl/N-ethyl adjacent to an activating group) is 1. The van der Waals surface area contributed by atoms with E-state index in [2.05, 4.69) is 0 Å². The summed E-state index contributed by atoms with van der Waals surface area (Å²) in [5.74, 6) is 0.489. The van der Waals surface area contributed by atoms with Gasteiger partial charge < -0.3 is 19.5 Å². The standard InChI is InChI=1S/C13H17NO4/c1-8-5-10-11(18-7-17-10)6-9(8)14(4)13(2,3)12(15)16/h5-6H,7H2,1-4H3,(H,15,16). The Kier molecular flexibility index (Phi) is 2.84. The maximum Gasteiger partial charge on any atom is 0.328 e. The molecule has 1 heterocycles. The summed E-state index contributed by atoms with van der Waals surface area (Å²) >= 11 is 0. The van der Waals surface area contributed by atoms with Gasteiger partial charge in [0.25, 0.3) is 0 Å². The van der Waals surface area contributed by atoms with Crippen molar-refractivity contribution in [3.8, 4) is 11.5 Å². The van der Waals surface area contributed by atoms with Crippen LogP contribution in [0.3, 0.4) is 0 Å². The van der Waals surface area contributed by atoms with E-state index in [0.717, 1.165) is 11.3 Å². The zero-order chi connectivity index (χ0) is 13.5. The molecule has 1 aliphatic heterocycles. The molecule has 98 valence electrons. The number of ether oxygens (including phenoxy) is 2. The highest BCUT2D eigenvalue weighted by Crippen LogP contribution is 2.39. The Morgan fingerprint density at radius 2 is 1.89 bits per heavy atom. The fourth-order valence-corrected chi connectivity index (χ4v) is 1.84. The maximum absolute atomic E-state index is 11.3. The lowest BCUT2D eigenvalue weighted by Crippen LogP contribution is -2.48. The summed E-state index contributed by atoms with van der Waals surface area (Å²) in [6.45, 7) is 5.47. The first kappa shape index (κ1) is 12.5. The number of carboxylic acids is 1. The Morgan fingerprint density at radius 1 is 1.33 bits per heavy atom. The number of carbonyl (C=O) groups is 1. The first-order valence-electron chi connectivity index (χ1n) is 5.71. The van der Waals surface area contributed by atoms with Gasteiger partial charge in [0.15, 0.2) is 11.5 Å². The lowest BCUT2D eigenvalue weighted by molar-refractivity contribution is -0.142. The Hall–Kier alpha value is -1.91. The molecule has 18 heavy (non-hydrogen) atoms. The highest BCUT2D eigenvalue weighted by Gasteiger charge is 2.33. The number of hydrogen-bond donors (Lipinski definition) is 1. The third kappa shape index (κ3) is 1.85. The van der Waals surface area contributed by atoms with E-state index in [1.54, 1.807) is 25.8 Å². The van der Waals surface area contributed by atoms with Gasteiger partial charge >= 0.3 is 5.97 Å². The fourth-order valence-electron chi connectivity index (χ4n) is 1.84. The number of anilines is 1. The summed E-state index contributed by atoms with van der Waals surface area (Å²) in [6, 6.07) is 3.69. The highest BCUT2D eigenvalue weighted by molar-refractivity contribution is 5.83. The third-order valence-electron chi connectivity index (χ3n) is 3.41. The van der Waals surface area contributed by atoms with E-state index in [9.17, 15) is 9.90 Å². The smallest absolute Gasteiger partial charge is 0.328 e. The molecule has 0 bridgehead atoms. The van der Waals surface area contributed by atoms with Crippen molar-refractivity contribution in [1.82, 2.24) is 0 Å². The van der Waals surface area contributed by atoms with Gasteiger partial charge in [0.2, 0.25) is 6.79 Å². The molecular formula is C13H17NO4. The second kappa shape index (κ2) is 4.08. The second-order valence-corrected chi connectivity index (χ2v) is 4.92. The molecule has 0 saturated carbocycles. The van der Waals surface area contributed by atoms with Gasteiger partial charge in [-0.2, -0.15) is 0 Å². The summed E-state index contributed by atoms with van der Waals surface area (Å²) < 4.78 is 10.6. The van der Waals surface area contributed by atoms with E-state index in [0.29, 0.717) is 11.5 Å². The lowest BCUT2D eigenvalue weighted by Gasteiger charge is -2.34. The number of carboxylic acid groups (broad SMARTS) is 1. The Bertz CT molecular complexity index is 496. The van der Waals surface area contributed by atoms with Crippen molar-refractivity contribution in [2.45, 2.75) is 26.3 Å². The third-order valence-corrected chi connectivity index (χ3v) is 3.41. The normalized spacial score (nSPS) is 13.6. The van der Waals surface area contributed by atoms with Crippen LogP contribution in [0, 0.1) is 6.92 Å². The van der Waals surface area contributed by atoms with Gasteiger partial charge in [0.05, 0.1) is 0 Å². The minimum atomic E-state index is -0.988. The van der Waals surface area contributed by atoms with Crippen LogP contribution < -0.4 is 14.4 Å². The van der Waals surface area contributed by atoms with Crippen LogP contribution >= 0.6 is 0 Å². The molecule has 0 saturated heterocycles. The molecule has 0 unspecified atom stereocenters. The predicted molar refractivity (Wildman–Crippen MR) is 67.4 cm³/mol. The number of hydrogen-bond acceptors (Lipinski definition) is 4. The molecule has 0 radical (unpaired) electrons. The molecule has 0 fully saturated rings. The minimum Gasteiger partial charge on any atom is -0.480 e. The number of aliphatic carboxylic acids is 1. The molecule has 5 heteroatoms. The van der Waals surface area contributed by atoms with Crippen LogP contribution in [0.2, 0.25) is 0 Å². The number of aryl methyl sites for hydroxylation is 1. The molecule has 2 rings (SSSR count). The average molecular weight is 251 g/mol. The van der Waals surface area contributed by atoms with Gasteiger partial charge in [-0.25, -0.2) is 4.79 Å². The van der Waals surface area contributed by atoms with E-state index in [1.165, 1.54) is 0 Å². The molecular weight excluding hydrogens is 234 g/mol. The van der Waals surface area contributed by atoms with Crippen molar-refractivity contribution in [2.75, 3.05) is 18.7 Å². The van der Waals surface area contributed by atoms with E-state index < -0.39 is 11.5 Å². The zero-order valence-corrected chi connectivity index (χ0v) is 11.0. The Balaban J connectivity index is 2.43. The number of rotatable bonds is 3. The van der Waals surface area contributed by atoms with Gasteiger partial charge in [0.1, 0.15) is 5.54 Å². The monoisotopic (exact) mass is 251 g/mol. The highest BCUT2D eigenvalue weighted by atomic mass is 16.7. The molecule has 1 aliphatic rings. The molecule has 0 amide bonds. The SMILES string of the molecule is Cc1cc2c(cc1N(C)C(C)(C)C(=O)O)OCO2. The Labute approximate surface area is 106 Å². The number of fused-ring (bicyclic) bond motifs is 1. The van der Waals surface area contributed by atoms with Crippen molar-refractivity contribution in [2.24, 2.45) is 0 Å². The van der Waals surface area contributed by atoms with Crippen molar-refractivity contribution in [3.05, 3.63) is 17.7 Å². The van der Waals surface area contributed by atoms with Gasteiger partial charge in [-0.3, -0.25) is 0 Å². The summed E-state index contributed by atoms with van der Waals surface area (Å²) in [4.78, 5) is 13.0. The second-order valence-electron chi connectivity index (χ2n) is 4.92. The molecule has 1 aromatic rings. The van der Waals surface area contributed by atoms with Gasteiger partial charge in [-0.1, -0.05) is 0 Å². The summed E-state index contributed by atoms with van der Waals surface area (Å²) in [7, 11) is 1.76. The Morgan fingerprint density at radius 3 is 2.44 bits per heavy atom. The van der Waals surface area contributed by atoms with Gasteiger partial charge in [0, 0.05) is 18.8 Å². The van der Waals surface area contributed by atoms with Crippen molar-refractivity contribution in [1.29, 1.82) is 0 Å². The van der Waals surface area contributed by atoms with Crippen molar-refractivity contribution >= 4 is 11.7 Å². The average Bonchev–Trinajstić information content (AvgIpc) is 2.73. The van der Waals surface area contributed by atoms with Gasteiger partial charge in [-0.05, 0) is 32.4 Å². The van der Waals surface area contributed by atoms with Crippen LogP contribution in [0.4, 0.5) is 5.69 Å². The molecule has 0 spiro atoms. The topological polar surface area (TPSA) is 59.0 Å². The molecule has 1 N–H and O–H groups in total. The van der Waals surface area contributed by atoms with Crippen molar-refractivity contribution < 1.29 is 19.4 Å². The van der Waals surface area contributed by atoms with Crippen LogP contribution in [0.1, 0.15) is 19.4 Å². The van der Waals surface area contributed by atoms with E-state index in [4.69, 9.17) is 9.47 Å². The first-order valence-corrected chi connectivity index (χ1v) is 5.71. The van der Waals surface area contributed by atoms with Crippen LogP contribution in [-0.4, -0.2) is 30.5 Å². The summed E-state index contributed by atoms with van der Waals surface area (Å²) in [5.41, 5.74) is 0.793. The number of nitrogens with zero attached hydrogens (tertiary/aromatic N) is 1. The van der Waals surface area contributed by atoms with Crippen LogP contribution in [0.15, 0.2) is 12.1 Å². The minimum absolute atomic E-state index is 0.213. The molecule has 5 nitrogen and oxygen atoms in total.